The third-order valence-corrected chi connectivity index (χ3v) is 4.12. The molecule has 0 spiro atoms. The highest BCUT2D eigenvalue weighted by molar-refractivity contribution is 5.95. The molecule has 0 aliphatic rings. The monoisotopic (exact) mass is 322 g/mol. The second-order valence-corrected chi connectivity index (χ2v) is 6.05. The van der Waals surface area contributed by atoms with Gasteiger partial charge in [0.25, 0.3) is 11.6 Å². The van der Waals surface area contributed by atoms with E-state index in [9.17, 15) is 19.7 Å². The third kappa shape index (κ3) is 4.51. The van der Waals surface area contributed by atoms with E-state index in [2.05, 4.69) is 5.32 Å². The summed E-state index contributed by atoms with van der Waals surface area (Å²) in [5.41, 5.74) is -0.360. The molecule has 0 radical (unpaired) electrons. The summed E-state index contributed by atoms with van der Waals surface area (Å²) < 4.78 is 0. The van der Waals surface area contributed by atoms with Crippen LogP contribution in [0.1, 0.15) is 50.0 Å². The van der Waals surface area contributed by atoms with Crippen LogP contribution in [0.3, 0.4) is 0 Å². The fourth-order valence-electron chi connectivity index (χ4n) is 2.21. The molecule has 1 atom stereocenters. The lowest BCUT2D eigenvalue weighted by atomic mass is 9.85. The molecule has 126 valence electrons. The quantitative estimate of drug-likeness (QED) is 0.592. The van der Waals surface area contributed by atoms with Crippen molar-refractivity contribution in [3.8, 4) is 0 Å². The summed E-state index contributed by atoms with van der Waals surface area (Å²) >= 11 is 0. The molecule has 23 heavy (non-hydrogen) atoms. The SMILES string of the molecule is CCc1ccc(C(=O)NC(C)(CC(=O)O)C(C)C)cc1[N+](=O)[O-]. The summed E-state index contributed by atoms with van der Waals surface area (Å²) in [7, 11) is 0. The summed E-state index contributed by atoms with van der Waals surface area (Å²) in [6.45, 7) is 7.07. The standard InChI is InChI=1S/C16H22N2O5/c1-5-11-6-7-12(8-13(11)18(22)23)15(21)17-16(4,10(2)3)9-14(19)20/h6-8,10H,5,9H2,1-4H3,(H,17,21)(H,19,20). The first-order chi connectivity index (χ1) is 10.6. The van der Waals surface area contributed by atoms with Crippen molar-refractivity contribution in [2.75, 3.05) is 0 Å². The molecule has 0 heterocycles. The number of hydrogen-bond acceptors (Lipinski definition) is 4. The topological polar surface area (TPSA) is 110 Å². The average Bonchev–Trinajstić information content (AvgIpc) is 2.45. The number of carboxylic acid groups (broad SMARTS) is 1. The maximum atomic E-state index is 12.4. The number of carbonyl (C=O) groups excluding carboxylic acids is 1. The van der Waals surface area contributed by atoms with Crippen molar-refractivity contribution in [3.05, 3.63) is 39.4 Å². The van der Waals surface area contributed by atoms with Crippen LogP contribution in [0, 0.1) is 16.0 Å². The lowest BCUT2D eigenvalue weighted by Gasteiger charge is -2.33. The Morgan fingerprint density at radius 2 is 2.00 bits per heavy atom. The first kappa shape index (κ1) is 18.6. The van der Waals surface area contributed by atoms with Crippen molar-refractivity contribution >= 4 is 17.6 Å². The number of nitrogens with one attached hydrogen (secondary N) is 1. The van der Waals surface area contributed by atoms with Crippen LogP contribution in [-0.2, 0) is 11.2 Å². The van der Waals surface area contributed by atoms with Crippen LogP contribution in [0.2, 0.25) is 0 Å². The van der Waals surface area contributed by atoms with E-state index in [1.165, 1.54) is 12.1 Å². The van der Waals surface area contributed by atoms with Crippen LogP contribution >= 0.6 is 0 Å². The maximum absolute atomic E-state index is 12.4. The van der Waals surface area contributed by atoms with Crippen molar-refractivity contribution in [1.82, 2.24) is 5.32 Å². The van der Waals surface area contributed by atoms with Gasteiger partial charge in [-0.15, -0.1) is 0 Å². The largest absolute Gasteiger partial charge is 0.481 e. The van der Waals surface area contributed by atoms with E-state index < -0.39 is 22.3 Å². The van der Waals surface area contributed by atoms with Gasteiger partial charge in [-0.2, -0.15) is 0 Å². The predicted molar refractivity (Wildman–Crippen MR) is 85.4 cm³/mol. The van der Waals surface area contributed by atoms with Crippen molar-refractivity contribution in [2.24, 2.45) is 5.92 Å². The highest BCUT2D eigenvalue weighted by Gasteiger charge is 2.33. The molecule has 2 N–H and O–H groups in total. The highest BCUT2D eigenvalue weighted by Crippen LogP contribution is 2.24. The maximum Gasteiger partial charge on any atom is 0.305 e. The molecular weight excluding hydrogens is 300 g/mol. The fraction of sp³-hybridized carbons (Fsp3) is 0.500. The lowest BCUT2D eigenvalue weighted by molar-refractivity contribution is -0.385. The van der Waals surface area contributed by atoms with Crippen molar-refractivity contribution in [3.63, 3.8) is 0 Å². The summed E-state index contributed by atoms with van der Waals surface area (Å²) in [6, 6.07) is 4.30. The van der Waals surface area contributed by atoms with Crippen molar-refractivity contribution < 1.29 is 19.6 Å². The van der Waals surface area contributed by atoms with Gasteiger partial charge in [-0.3, -0.25) is 19.7 Å². The zero-order chi connectivity index (χ0) is 17.8. The Morgan fingerprint density at radius 1 is 1.39 bits per heavy atom. The zero-order valence-electron chi connectivity index (χ0n) is 13.8. The minimum absolute atomic E-state index is 0.107. The van der Waals surface area contributed by atoms with Gasteiger partial charge in [-0.25, -0.2) is 0 Å². The van der Waals surface area contributed by atoms with E-state index in [0.29, 0.717) is 12.0 Å². The number of benzene rings is 1. The Bertz CT molecular complexity index is 627. The number of aliphatic carboxylic acids is 1. The Hall–Kier alpha value is -2.44. The van der Waals surface area contributed by atoms with Gasteiger partial charge in [0, 0.05) is 17.2 Å². The number of amides is 1. The van der Waals surface area contributed by atoms with E-state index in [1.54, 1.807) is 19.9 Å². The van der Waals surface area contributed by atoms with Crippen LogP contribution < -0.4 is 5.32 Å². The predicted octanol–water partition coefficient (Wildman–Crippen LogP) is 2.78. The molecular formula is C16H22N2O5. The number of nitro groups is 1. The number of nitro benzene ring substituents is 1. The second-order valence-electron chi connectivity index (χ2n) is 6.05. The minimum Gasteiger partial charge on any atom is -0.481 e. The van der Waals surface area contributed by atoms with Gasteiger partial charge >= 0.3 is 5.97 Å². The summed E-state index contributed by atoms with van der Waals surface area (Å²) in [4.78, 5) is 34.0. The molecule has 1 aromatic rings. The van der Waals surface area contributed by atoms with Crippen LogP contribution in [0.4, 0.5) is 5.69 Å². The molecule has 1 rings (SSSR count). The molecule has 0 fully saturated rings. The van der Waals surface area contributed by atoms with Gasteiger partial charge in [0.05, 0.1) is 16.9 Å². The molecule has 1 amide bonds. The molecule has 0 aromatic heterocycles. The highest BCUT2D eigenvalue weighted by atomic mass is 16.6. The first-order valence-corrected chi connectivity index (χ1v) is 7.42. The van der Waals surface area contributed by atoms with E-state index >= 15 is 0 Å². The Balaban J connectivity index is 3.11. The molecule has 1 aromatic carbocycles. The van der Waals surface area contributed by atoms with Gasteiger partial charge in [0.2, 0.25) is 0 Å². The van der Waals surface area contributed by atoms with Gasteiger partial charge in [0.15, 0.2) is 0 Å². The van der Waals surface area contributed by atoms with Crippen LogP contribution in [0.15, 0.2) is 18.2 Å². The zero-order valence-corrected chi connectivity index (χ0v) is 13.8. The van der Waals surface area contributed by atoms with E-state index in [1.807, 2.05) is 13.8 Å². The van der Waals surface area contributed by atoms with Gasteiger partial charge in [-0.05, 0) is 25.3 Å². The summed E-state index contributed by atoms with van der Waals surface area (Å²) in [5.74, 6) is -1.66. The number of aryl methyl sites for hydroxylation is 1. The fourth-order valence-corrected chi connectivity index (χ4v) is 2.21. The molecule has 0 saturated carbocycles. The second kappa shape index (κ2) is 7.21. The van der Waals surface area contributed by atoms with E-state index in [0.717, 1.165) is 0 Å². The molecule has 0 aliphatic heterocycles. The van der Waals surface area contributed by atoms with Crippen LogP contribution in [-0.4, -0.2) is 27.4 Å². The molecule has 1 unspecified atom stereocenters. The number of rotatable bonds is 7. The van der Waals surface area contributed by atoms with Gasteiger partial charge in [0.1, 0.15) is 0 Å². The average molecular weight is 322 g/mol. The lowest BCUT2D eigenvalue weighted by Crippen LogP contribution is -2.51. The normalized spacial score (nSPS) is 13.4. The van der Waals surface area contributed by atoms with Gasteiger partial charge < -0.3 is 10.4 Å². The molecule has 7 heteroatoms. The van der Waals surface area contributed by atoms with Crippen molar-refractivity contribution in [2.45, 2.75) is 46.1 Å². The molecule has 0 saturated heterocycles. The minimum atomic E-state index is -1.02. The Morgan fingerprint density at radius 3 is 2.43 bits per heavy atom. The Kier molecular flexibility index (Phi) is 5.84. The molecule has 7 nitrogen and oxygen atoms in total. The number of carboxylic acids is 1. The van der Waals surface area contributed by atoms with Crippen LogP contribution in [0.25, 0.3) is 0 Å². The van der Waals surface area contributed by atoms with E-state index in [4.69, 9.17) is 5.11 Å². The van der Waals surface area contributed by atoms with Crippen molar-refractivity contribution in [1.29, 1.82) is 0 Å². The van der Waals surface area contributed by atoms with Crippen LogP contribution in [0.5, 0.6) is 0 Å². The smallest absolute Gasteiger partial charge is 0.305 e. The third-order valence-electron chi connectivity index (χ3n) is 4.12. The van der Waals surface area contributed by atoms with E-state index in [-0.39, 0.29) is 23.6 Å². The number of carbonyl (C=O) groups is 2. The Labute approximate surface area is 134 Å². The van der Waals surface area contributed by atoms with Gasteiger partial charge in [-0.1, -0.05) is 26.8 Å². The number of hydrogen-bond donors (Lipinski definition) is 2. The number of nitrogens with zero attached hydrogens (tertiary/aromatic N) is 1. The first-order valence-electron chi connectivity index (χ1n) is 7.42. The molecule has 0 bridgehead atoms. The molecule has 0 aliphatic carbocycles. The summed E-state index contributed by atoms with van der Waals surface area (Å²) in [5, 5.41) is 22.8. The summed E-state index contributed by atoms with van der Waals surface area (Å²) in [6.07, 6.45) is 0.256.